The summed E-state index contributed by atoms with van der Waals surface area (Å²) >= 11 is 0. The smallest absolute Gasteiger partial charge is 0.220 e. The van der Waals surface area contributed by atoms with E-state index in [0.29, 0.717) is 43.4 Å². The molecular formula is C34H54FN3O3. The molecule has 0 radical (unpaired) electrons. The number of amides is 1. The Morgan fingerprint density at radius 3 is 2.32 bits per heavy atom. The molecule has 1 fully saturated rings. The predicted molar refractivity (Wildman–Crippen MR) is 168 cm³/mol. The molecule has 0 bridgehead atoms. The molecule has 230 valence electrons. The minimum Gasteiger partial charge on any atom is -0.493 e. The van der Waals surface area contributed by atoms with Crippen LogP contribution in [0, 0.1) is 5.82 Å². The lowest BCUT2D eigenvalue weighted by molar-refractivity contribution is -0.122. The van der Waals surface area contributed by atoms with Gasteiger partial charge in [-0.2, -0.15) is 0 Å². The van der Waals surface area contributed by atoms with Gasteiger partial charge < -0.3 is 25.5 Å². The van der Waals surface area contributed by atoms with E-state index in [1.165, 1.54) is 37.3 Å². The number of carbonyl (C=O) groups excluding carboxylic acids is 2. The number of halogens is 1. The maximum absolute atomic E-state index is 14.0. The Labute approximate surface area is 248 Å². The van der Waals surface area contributed by atoms with Crippen molar-refractivity contribution in [3.63, 3.8) is 0 Å². The topological polar surface area (TPSA) is 79.5 Å². The number of likely N-dealkylation sites (N-methyl/N-ethyl adjacent to an activating group) is 1. The Hall–Kier alpha value is -2.77. The zero-order chi connectivity index (χ0) is 30.3. The van der Waals surface area contributed by atoms with E-state index < -0.39 is 0 Å². The minimum atomic E-state index is -0.302. The lowest BCUT2D eigenvalue weighted by atomic mass is 10.0. The molecular weight excluding hydrogens is 517 g/mol. The third-order valence-corrected chi connectivity index (χ3v) is 7.07. The highest BCUT2D eigenvalue weighted by molar-refractivity contribution is 5.78. The van der Waals surface area contributed by atoms with Gasteiger partial charge in [0.2, 0.25) is 5.91 Å². The number of aldehydes is 1. The van der Waals surface area contributed by atoms with Crippen LogP contribution >= 0.6 is 0 Å². The fraction of sp³-hybridized carbons (Fsp3) is 0.588. The molecule has 3 rings (SSSR count). The molecule has 6 nitrogen and oxygen atoms in total. The van der Waals surface area contributed by atoms with E-state index in [1.807, 2.05) is 19.2 Å². The Bertz CT molecular complexity index is 965. The van der Waals surface area contributed by atoms with Crippen LogP contribution in [-0.2, 0) is 22.4 Å². The molecule has 1 saturated carbocycles. The molecule has 2 aromatic carbocycles. The summed E-state index contributed by atoms with van der Waals surface area (Å²) in [5.41, 5.74) is 2.64. The van der Waals surface area contributed by atoms with Crippen LogP contribution in [0.3, 0.4) is 0 Å². The molecule has 1 aliphatic rings. The van der Waals surface area contributed by atoms with Crippen molar-refractivity contribution in [3.05, 3.63) is 65.5 Å². The van der Waals surface area contributed by atoms with E-state index in [0.717, 1.165) is 31.4 Å². The van der Waals surface area contributed by atoms with E-state index in [-0.39, 0.29) is 24.3 Å². The highest BCUT2D eigenvalue weighted by atomic mass is 19.1. The van der Waals surface area contributed by atoms with Crippen molar-refractivity contribution in [2.45, 2.75) is 103 Å². The van der Waals surface area contributed by atoms with Gasteiger partial charge in [0.1, 0.15) is 17.9 Å². The molecule has 7 heteroatoms. The number of unbranched alkanes of at least 4 members (excludes halogenated alkanes) is 2. The molecule has 0 heterocycles. The van der Waals surface area contributed by atoms with E-state index in [9.17, 15) is 14.0 Å². The van der Waals surface area contributed by atoms with Crippen molar-refractivity contribution < 1.29 is 18.7 Å². The van der Waals surface area contributed by atoms with E-state index in [4.69, 9.17) is 4.74 Å². The number of aryl methyl sites for hydroxylation is 1. The van der Waals surface area contributed by atoms with Crippen LogP contribution in [0.1, 0.15) is 90.2 Å². The zero-order valence-corrected chi connectivity index (χ0v) is 26.1. The first-order valence-electron chi connectivity index (χ1n) is 15.4. The second-order valence-corrected chi connectivity index (χ2v) is 10.9. The Kier molecular flexibility index (Phi) is 19.4. The van der Waals surface area contributed by atoms with E-state index in [1.54, 1.807) is 6.07 Å². The van der Waals surface area contributed by atoms with Crippen molar-refractivity contribution in [2.24, 2.45) is 0 Å². The van der Waals surface area contributed by atoms with Crippen molar-refractivity contribution in [1.29, 1.82) is 0 Å². The van der Waals surface area contributed by atoms with Crippen LogP contribution in [0.2, 0.25) is 0 Å². The summed E-state index contributed by atoms with van der Waals surface area (Å²) in [5, 5.41) is 9.40. The van der Waals surface area contributed by atoms with Crippen molar-refractivity contribution in [3.8, 4) is 5.75 Å². The quantitative estimate of drug-likeness (QED) is 0.151. The molecule has 0 aromatic heterocycles. The first-order valence-corrected chi connectivity index (χ1v) is 15.4. The summed E-state index contributed by atoms with van der Waals surface area (Å²) in [4.78, 5) is 21.6. The molecule has 1 atom stereocenters. The fourth-order valence-electron chi connectivity index (χ4n) is 3.90. The molecule has 0 unspecified atom stereocenters. The summed E-state index contributed by atoms with van der Waals surface area (Å²) in [7, 11) is 1.94. The van der Waals surface area contributed by atoms with Crippen LogP contribution in [0.15, 0.2) is 48.5 Å². The van der Waals surface area contributed by atoms with E-state index >= 15 is 0 Å². The number of rotatable bonds is 17. The first kappa shape index (κ1) is 36.3. The second kappa shape index (κ2) is 21.9. The van der Waals surface area contributed by atoms with Crippen LogP contribution < -0.4 is 20.7 Å². The van der Waals surface area contributed by atoms with Gasteiger partial charge in [-0.15, -0.1) is 0 Å². The average Bonchev–Trinajstić information content (AvgIpc) is 3.72. The SMILES string of the molecule is CCCC.CCc1ccccc1.CN[C@H](CCNC1(C)CC1)Cc1cc(F)cc(OCCCCC(=O)NCC=O)c1. The van der Waals surface area contributed by atoms with Gasteiger partial charge in [0.25, 0.3) is 0 Å². The van der Waals surface area contributed by atoms with Crippen LogP contribution in [-0.4, -0.2) is 50.5 Å². The number of hydrogen-bond acceptors (Lipinski definition) is 5. The van der Waals surface area contributed by atoms with E-state index in [2.05, 4.69) is 67.9 Å². The van der Waals surface area contributed by atoms with Gasteiger partial charge in [0, 0.05) is 24.1 Å². The third kappa shape index (κ3) is 18.3. The molecule has 1 aliphatic carbocycles. The van der Waals surface area contributed by atoms with Gasteiger partial charge in [-0.25, -0.2) is 4.39 Å². The van der Waals surface area contributed by atoms with Crippen LogP contribution in [0.25, 0.3) is 0 Å². The third-order valence-electron chi connectivity index (χ3n) is 7.07. The van der Waals surface area contributed by atoms with Crippen molar-refractivity contribution >= 4 is 12.2 Å². The van der Waals surface area contributed by atoms with Crippen LogP contribution in [0.5, 0.6) is 5.75 Å². The van der Waals surface area contributed by atoms with Gasteiger partial charge in [-0.3, -0.25) is 4.79 Å². The van der Waals surface area contributed by atoms with Gasteiger partial charge in [-0.05, 0) is 88.7 Å². The number of benzene rings is 2. The maximum Gasteiger partial charge on any atom is 0.220 e. The number of ether oxygens (including phenoxy) is 1. The summed E-state index contributed by atoms with van der Waals surface area (Å²) < 4.78 is 19.7. The van der Waals surface area contributed by atoms with Gasteiger partial charge in [-0.1, -0.05) is 63.9 Å². The summed E-state index contributed by atoms with van der Waals surface area (Å²) in [6, 6.07) is 15.6. The summed E-state index contributed by atoms with van der Waals surface area (Å²) in [6.45, 7) is 10.2. The molecule has 0 spiro atoms. The Morgan fingerprint density at radius 1 is 1.05 bits per heavy atom. The molecule has 1 amide bonds. The first-order chi connectivity index (χ1) is 19.8. The zero-order valence-electron chi connectivity index (χ0n) is 26.1. The highest BCUT2D eigenvalue weighted by Crippen LogP contribution is 2.34. The Balaban J connectivity index is 0.000000579. The van der Waals surface area contributed by atoms with Gasteiger partial charge >= 0.3 is 0 Å². The standard InChI is InChI=1S/C22H34FN3O3.C8H10.C4H10/c1-22(7-8-22)26-9-6-19(24-2)14-17-13-18(23)16-20(15-17)29-12-4-3-5-21(28)25-10-11-27;1-2-8-6-4-3-5-7-8;1-3-4-2/h11,13,15-16,19,24,26H,3-10,12,14H2,1-2H3,(H,25,28);3-7H,2H2,1H3;3-4H2,1-2H3/t19-;;/m1../s1. The highest BCUT2D eigenvalue weighted by Gasteiger charge is 2.36. The van der Waals surface area contributed by atoms with Crippen molar-refractivity contribution in [1.82, 2.24) is 16.0 Å². The number of nitrogens with one attached hydrogen (secondary N) is 3. The molecule has 3 N–H and O–H groups in total. The lowest BCUT2D eigenvalue weighted by Crippen LogP contribution is -2.35. The Morgan fingerprint density at radius 2 is 1.76 bits per heavy atom. The minimum absolute atomic E-state index is 0.0460. The molecule has 2 aromatic rings. The normalized spacial score (nSPS) is 13.5. The van der Waals surface area contributed by atoms with Gasteiger partial charge in [0.05, 0.1) is 13.2 Å². The number of carbonyl (C=O) groups is 2. The molecule has 41 heavy (non-hydrogen) atoms. The fourth-order valence-corrected chi connectivity index (χ4v) is 3.90. The van der Waals surface area contributed by atoms with Gasteiger partial charge in [0.15, 0.2) is 0 Å². The largest absolute Gasteiger partial charge is 0.493 e. The maximum atomic E-state index is 14.0. The predicted octanol–water partition coefficient (Wildman–Crippen LogP) is 6.41. The lowest BCUT2D eigenvalue weighted by Gasteiger charge is -2.19. The van der Waals surface area contributed by atoms with Crippen LogP contribution in [0.4, 0.5) is 4.39 Å². The molecule has 0 saturated heterocycles. The monoisotopic (exact) mass is 571 g/mol. The second-order valence-electron chi connectivity index (χ2n) is 10.9. The average molecular weight is 572 g/mol. The van der Waals surface area contributed by atoms with Crippen molar-refractivity contribution in [2.75, 3.05) is 26.7 Å². The summed E-state index contributed by atoms with van der Waals surface area (Å²) in [6.07, 6.45) is 10.3. The summed E-state index contributed by atoms with van der Waals surface area (Å²) in [5.74, 6) is 0.0708. The number of hydrogen-bond donors (Lipinski definition) is 3. The molecule has 0 aliphatic heterocycles.